The van der Waals surface area contributed by atoms with Gasteiger partial charge in [0.05, 0.1) is 31.0 Å². The molecule has 0 unspecified atom stereocenters. The third kappa shape index (κ3) is 11.1. The Morgan fingerprint density at radius 1 is 0.382 bits per heavy atom. The standard InChI is InChI=1S/C37H30N4O21S6/c1-17-3-5-21(11-27(17)35(42)40-29-13-23(63(45,46)47)7-19-9-25(65(51,52)53)15-31(33(19)29)67(57,58)59)38-37(44)39-22-6-4-18(2)28(12-22)36(43)41-30-14-24(64(48,49)50)8-20-10-26(66(54,55)56)16-32(34(20)30)68(60,61)62/h3-16H,1-2H3,(H,40,42)(H,41,43)(H2,38,39,44)(H,45,46,47)(H,48,49,50)(H,51,52,53)(H,54,55,56)(H,57,58,59)(H,60,61,62). The van der Waals surface area contributed by atoms with E-state index in [2.05, 4.69) is 21.3 Å². The highest BCUT2D eigenvalue weighted by Gasteiger charge is 2.28. The van der Waals surface area contributed by atoms with Crippen LogP contribution >= 0.6 is 0 Å². The van der Waals surface area contributed by atoms with Crippen molar-refractivity contribution in [2.24, 2.45) is 0 Å². The SMILES string of the molecule is Cc1ccc(NC(=O)Nc2ccc(C)c(C(=O)Nc3cc(S(=O)(=O)O)cc4cc(S(=O)(=O)O)cc(S(=O)(=O)O)c34)c2)cc1C(=O)Nc1cc(S(=O)(=O)O)cc2cc(S(=O)(=O)O)cc(S(=O)(=O)O)c12. The van der Waals surface area contributed by atoms with E-state index in [1.165, 1.54) is 38.1 Å². The Morgan fingerprint density at radius 3 is 0.956 bits per heavy atom. The highest BCUT2D eigenvalue weighted by molar-refractivity contribution is 7.87. The Kier molecular flexibility index (Phi) is 13.1. The number of hydrogen-bond acceptors (Lipinski definition) is 15. The van der Waals surface area contributed by atoms with Crippen molar-refractivity contribution in [1.82, 2.24) is 0 Å². The minimum absolute atomic E-state index is 0.103. The molecule has 360 valence electrons. The Balaban J connectivity index is 1.31. The summed E-state index contributed by atoms with van der Waals surface area (Å²) in [5.41, 5.74) is -1.74. The average Bonchev–Trinajstić information content (AvgIpc) is 3.19. The van der Waals surface area contributed by atoms with E-state index in [0.717, 1.165) is 12.1 Å². The van der Waals surface area contributed by atoms with Crippen LogP contribution in [0.25, 0.3) is 21.5 Å². The molecule has 0 heterocycles. The van der Waals surface area contributed by atoms with Crippen LogP contribution in [-0.2, 0) is 60.7 Å². The van der Waals surface area contributed by atoms with E-state index in [0.29, 0.717) is 48.5 Å². The molecule has 0 spiro atoms. The lowest BCUT2D eigenvalue weighted by atomic mass is 10.1. The van der Waals surface area contributed by atoms with Crippen molar-refractivity contribution < 1.29 is 92.2 Å². The number of nitrogens with one attached hydrogen (secondary N) is 4. The highest BCUT2D eigenvalue weighted by atomic mass is 32.2. The zero-order valence-electron chi connectivity index (χ0n) is 33.8. The summed E-state index contributed by atoms with van der Waals surface area (Å²) in [5, 5.41) is 6.75. The van der Waals surface area contributed by atoms with Gasteiger partial charge in [0.25, 0.3) is 72.5 Å². The lowest BCUT2D eigenvalue weighted by Crippen LogP contribution is -2.21. The van der Waals surface area contributed by atoms with Crippen molar-refractivity contribution in [3.8, 4) is 0 Å². The summed E-state index contributed by atoms with van der Waals surface area (Å²) in [7, 11) is -31.4. The number of anilines is 4. The molecule has 0 aromatic heterocycles. The molecule has 0 saturated carbocycles. The van der Waals surface area contributed by atoms with Crippen LogP contribution in [0.5, 0.6) is 0 Å². The third-order valence-electron chi connectivity index (χ3n) is 9.64. The maximum Gasteiger partial charge on any atom is 0.323 e. The van der Waals surface area contributed by atoms with Gasteiger partial charge in [0.2, 0.25) is 0 Å². The summed E-state index contributed by atoms with van der Waals surface area (Å²) < 4.78 is 205. The molecule has 25 nitrogen and oxygen atoms in total. The van der Waals surface area contributed by atoms with Crippen molar-refractivity contribution in [2.45, 2.75) is 43.2 Å². The molecule has 4 amide bonds. The molecule has 6 aromatic carbocycles. The number of amides is 4. The number of rotatable bonds is 12. The number of carbonyl (C=O) groups excluding carboxylic acids is 3. The van der Waals surface area contributed by atoms with Crippen molar-refractivity contribution >= 4 is 123 Å². The number of hydrogen-bond donors (Lipinski definition) is 10. The van der Waals surface area contributed by atoms with Gasteiger partial charge in [-0.25, -0.2) is 4.79 Å². The molecule has 6 aromatic rings. The normalized spacial score (nSPS) is 12.7. The largest absolute Gasteiger partial charge is 0.323 e. The molecule has 31 heteroatoms. The summed E-state index contributed by atoms with van der Waals surface area (Å²) in [4.78, 5) is 34.1. The molecule has 10 N–H and O–H groups in total. The molecule has 0 aliphatic carbocycles. The second kappa shape index (κ2) is 17.5. The molecular weight excluding hydrogens is 1030 g/mol. The van der Waals surface area contributed by atoms with E-state index in [1.54, 1.807) is 0 Å². The zero-order valence-corrected chi connectivity index (χ0v) is 38.7. The smallest absolute Gasteiger partial charge is 0.321 e. The Morgan fingerprint density at radius 2 is 0.676 bits per heavy atom. The minimum Gasteiger partial charge on any atom is -0.321 e. The predicted molar refractivity (Wildman–Crippen MR) is 238 cm³/mol. The van der Waals surface area contributed by atoms with Crippen molar-refractivity contribution in [3.63, 3.8) is 0 Å². The van der Waals surface area contributed by atoms with Gasteiger partial charge in [-0.1, -0.05) is 12.1 Å². The summed E-state index contributed by atoms with van der Waals surface area (Å²) in [6.45, 7) is 2.82. The van der Waals surface area contributed by atoms with E-state index in [-0.39, 0.29) is 33.6 Å². The first kappa shape index (κ1) is 50.9. The van der Waals surface area contributed by atoms with Gasteiger partial charge in [-0.15, -0.1) is 0 Å². The van der Waals surface area contributed by atoms with Gasteiger partial charge in [-0.05, 0) is 109 Å². The molecular formula is C37H30N4O21S6. The minimum atomic E-state index is -5.38. The molecule has 6 rings (SSSR count). The van der Waals surface area contributed by atoms with Crippen LogP contribution in [-0.4, -0.2) is 95.7 Å². The lowest BCUT2D eigenvalue weighted by molar-refractivity contribution is 0.101. The second-order valence-electron chi connectivity index (χ2n) is 14.4. The second-order valence-corrected chi connectivity index (χ2v) is 22.8. The first-order chi connectivity index (χ1) is 31.0. The fourth-order valence-corrected chi connectivity index (χ4v) is 10.4. The quantitative estimate of drug-likeness (QED) is 0.0766. The summed E-state index contributed by atoms with van der Waals surface area (Å²) in [5.74, 6) is -2.24. The molecule has 0 bridgehead atoms. The third-order valence-corrected chi connectivity index (χ3v) is 14.7. The molecule has 0 aliphatic rings. The molecule has 0 atom stereocenters. The van der Waals surface area contributed by atoms with Crippen molar-refractivity contribution in [1.29, 1.82) is 0 Å². The van der Waals surface area contributed by atoms with Crippen LogP contribution in [0.4, 0.5) is 27.5 Å². The maximum atomic E-state index is 13.7. The van der Waals surface area contributed by atoms with Crippen LogP contribution in [0.15, 0.2) is 114 Å². The fraction of sp³-hybridized carbons (Fsp3) is 0.0541. The number of aryl methyl sites for hydroxylation is 2. The average molecular weight is 1060 g/mol. The van der Waals surface area contributed by atoms with Crippen LogP contribution < -0.4 is 21.3 Å². The van der Waals surface area contributed by atoms with Gasteiger partial charge in [-0.3, -0.25) is 36.9 Å². The monoisotopic (exact) mass is 1060 g/mol. The number of fused-ring (bicyclic) bond motifs is 2. The summed E-state index contributed by atoms with van der Waals surface area (Å²) in [6, 6.07) is 10.7. The van der Waals surface area contributed by atoms with Crippen LogP contribution in [0.1, 0.15) is 31.8 Å². The zero-order chi connectivity index (χ0) is 50.9. The van der Waals surface area contributed by atoms with E-state index < -0.39 is 141 Å². The maximum absolute atomic E-state index is 13.7. The van der Waals surface area contributed by atoms with Gasteiger partial charge >= 0.3 is 6.03 Å². The Labute approximate surface area is 384 Å². The molecule has 0 aliphatic heterocycles. The molecule has 68 heavy (non-hydrogen) atoms. The van der Waals surface area contributed by atoms with Crippen LogP contribution in [0, 0.1) is 13.8 Å². The number of benzene rings is 6. The topological polar surface area (TPSA) is 426 Å². The van der Waals surface area contributed by atoms with Gasteiger partial charge in [-0.2, -0.15) is 50.5 Å². The predicted octanol–water partition coefficient (Wildman–Crippen LogP) is 4.24. The van der Waals surface area contributed by atoms with Gasteiger partial charge < -0.3 is 21.3 Å². The van der Waals surface area contributed by atoms with E-state index in [1.807, 2.05) is 0 Å². The lowest BCUT2D eigenvalue weighted by Gasteiger charge is -2.16. The van der Waals surface area contributed by atoms with E-state index >= 15 is 0 Å². The van der Waals surface area contributed by atoms with Crippen molar-refractivity contribution in [2.75, 3.05) is 21.3 Å². The highest BCUT2D eigenvalue weighted by Crippen LogP contribution is 2.38. The molecule has 0 fully saturated rings. The van der Waals surface area contributed by atoms with Gasteiger partial charge in [0.15, 0.2) is 0 Å². The van der Waals surface area contributed by atoms with Crippen LogP contribution in [0.3, 0.4) is 0 Å². The van der Waals surface area contributed by atoms with Crippen LogP contribution in [0.2, 0.25) is 0 Å². The molecule has 0 saturated heterocycles. The van der Waals surface area contributed by atoms with Gasteiger partial charge in [0.1, 0.15) is 9.79 Å². The number of carbonyl (C=O) groups is 3. The molecule has 0 radical (unpaired) electrons. The van der Waals surface area contributed by atoms with E-state index in [4.69, 9.17) is 0 Å². The van der Waals surface area contributed by atoms with Gasteiger partial charge in [0, 0.05) is 33.3 Å². The summed E-state index contributed by atoms with van der Waals surface area (Å²) in [6.07, 6.45) is 0. The Bertz CT molecular complexity index is 3670. The summed E-state index contributed by atoms with van der Waals surface area (Å²) >= 11 is 0. The number of urea groups is 1. The van der Waals surface area contributed by atoms with E-state index in [9.17, 15) is 92.2 Å². The Hall–Kier alpha value is -6.49. The van der Waals surface area contributed by atoms with Crippen molar-refractivity contribution in [3.05, 3.63) is 107 Å². The fourth-order valence-electron chi connectivity index (χ4n) is 6.61. The first-order valence-corrected chi connectivity index (χ1v) is 26.7. The first-order valence-electron chi connectivity index (χ1n) is 18.0.